The Balaban J connectivity index is 0.000000417. The summed E-state index contributed by atoms with van der Waals surface area (Å²) in [4.78, 5) is 30.7. The van der Waals surface area contributed by atoms with Crippen molar-refractivity contribution < 1.29 is 23.5 Å². The number of hydrogen-bond donors (Lipinski definition) is 1. The lowest BCUT2D eigenvalue weighted by atomic mass is 9.97. The molecule has 3 fully saturated rings. The van der Waals surface area contributed by atoms with Crippen LogP contribution in [0.4, 0.5) is 19.3 Å². The van der Waals surface area contributed by atoms with Crippen molar-refractivity contribution in [1.29, 1.82) is 0 Å². The molecule has 2 atom stereocenters. The maximum absolute atomic E-state index is 13.1. The van der Waals surface area contributed by atoms with E-state index in [-0.39, 0.29) is 18.7 Å². The maximum atomic E-state index is 13.1. The van der Waals surface area contributed by atoms with Crippen LogP contribution in [-0.4, -0.2) is 72.1 Å². The van der Waals surface area contributed by atoms with E-state index in [4.69, 9.17) is 11.6 Å². The second-order valence-electron chi connectivity index (χ2n) is 11.9. The molecule has 0 spiro atoms. The first-order valence-electron chi connectivity index (χ1n) is 14.7. The van der Waals surface area contributed by atoms with Crippen molar-refractivity contribution >= 4 is 29.3 Å². The molecule has 5 rings (SSSR count). The fraction of sp³-hybridized carbons (Fsp3) is 0.562. The molecule has 1 aliphatic carbocycles. The number of halogens is 3. The predicted octanol–water partition coefficient (Wildman–Crippen LogP) is 7.43. The van der Waals surface area contributed by atoms with Crippen molar-refractivity contribution in [1.82, 2.24) is 9.80 Å². The number of anilines is 1. The normalized spacial score (nSPS) is 21.7. The Morgan fingerprint density at radius 1 is 0.951 bits per heavy atom. The summed E-state index contributed by atoms with van der Waals surface area (Å²) in [6, 6.07) is 11.4. The first kappa shape index (κ1) is 31.2. The number of amides is 2. The molecule has 2 saturated heterocycles. The Labute approximate surface area is 247 Å². The fourth-order valence-corrected chi connectivity index (χ4v) is 6.53. The molecule has 224 valence electrons. The van der Waals surface area contributed by atoms with Gasteiger partial charge in [-0.05, 0) is 87.2 Å². The molecule has 2 unspecified atom stereocenters. The van der Waals surface area contributed by atoms with Crippen LogP contribution < -0.4 is 4.90 Å². The van der Waals surface area contributed by atoms with Gasteiger partial charge in [0, 0.05) is 61.8 Å². The van der Waals surface area contributed by atoms with Gasteiger partial charge in [-0.1, -0.05) is 42.3 Å². The Morgan fingerprint density at radius 2 is 1.56 bits per heavy atom. The SMILES string of the molecule is Cc1ccc(N(CCCN2CC3CN(C(=O)c4c(C)cccc4C)CC3C2)C(=O)O)cc1Cl.FC1(F)CCCCC1. The molecule has 1 saturated carbocycles. The van der Waals surface area contributed by atoms with Gasteiger partial charge in [-0.25, -0.2) is 13.6 Å². The summed E-state index contributed by atoms with van der Waals surface area (Å²) >= 11 is 6.19. The molecule has 0 radical (unpaired) electrons. The molecule has 2 aliphatic heterocycles. The predicted molar refractivity (Wildman–Crippen MR) is 159 cm³/mol. The number of hydrogen-bond acceptors (Lipinski definition) is 3. The second-order valence-corrected chi connectivity index (χ2v) is 12.3. The minimum absolute atomic E-state index is 0.118. The monoisotopic (exact) mass is 589 g/mol. The van der Waals surface area contributed by atoms with Crippen molar-refractivity contribution in [3.8, 4) is 0 Å². The summed E-state index contributed by atoms with van der Waals surface area (Å²) in [5, 5.41) is 10.2. The first-order chi connectivity index (χ1) is 19.4. The van der Waals surface area contributed by atoms with E-state index in [1.54, 1.807) is 12.1 Å². The quantitative estimate of drug-likeness (QED) is 0.380. The molecule has 1 N–H and O–H groups in total. The fourth-order valence-electron chi connectivity index (χ4n) is 6.35. The van der Waals surface area contributed by atoms with Gasteiger partial charge in [-0.3, -0.25) is 9.69 Å². The van der Waals surface area contributed by atoms with Crippen LogP contribution in [0.15, 0.2) is 36.4 Å². The lowest BCUT2D eigenvalue weighted by Gasteiger charge is -2.24. The zero-order chi connectivity index (χ0) is 29.7. The van der Waals surface area contributed by atoms with Gasteiger partial charge in [-0.2, -0.15) is 0 Å². The smallest absolute Gasteiger partial charge is 0.411 e. The van der Waals surface area contributed by atoms with Crippen LogP contribution in [0.2, 0.25) is 5.02 Å². The van der Waals surface area contributed by atoms with Gasteiger partial charge in [0.2, 0.25) is 5.92 Å². The van der Waals surface area contributed by atoms with Crippen molar-refractivity contribution in [2.45, 2.75) is 65.2 Å². The largest absolute Gasteiger partial charge is 0.465 e. The highest BCUT2D eigenvalue weighted by Crippen LogP contribution is 2.33. The highest BCUT2D eigenvalue weighted by Gasteiger charge is 2.41. The molecule has 0 bridgehead atoms. The summed E-state index contributed by atoms with van der Waals surface area (Å²) in [5.74, 6) is -1.19. The van der Waals surface area contributed by atoms with Gasteiger partial charge in [0.05, 0.1) is 0 Å². The van der Waals surface area contributed by atoms with Crippen molar-refractivity contribution in [2.75, 3.05) is 44.2 Å². The van der Waals surface area contributed by atoms with Crippen molar-refractivity contribution in [2.24, 2.45) is 11.8 Å². The number of carboxylic acid groups (broad SMARTS) is 1. The Kier molecular flexibility index (Phi) is 10.3. The number of alkyl halides is 2. The molecular formula is C32H42ClF2N3O3. The van der Waals surface area contributed by atoms with Crippen LogP contribution >= 0.6 is 11.6 Å². The Hall–Kier alpha value is -2.71. The summed E-state index contributed by atoms with van der Waals surface area (Å²) in [6.07, 6.45) is 2.45. The summed E-state index contributed by atoms with van der Waals surface area (Å²) in [6.45, 7) is 10.7. The highest BCUT2D eigenvalue weighted by molar-refractivity contribution is 6.31. The standard InChI is InChI=1S/C26H32ClN3O3.C6H10F2/c1-17-8-9-22(12-23(17)27)30(26(32)33)11-5-10-28-13-20-15-29(16-21(20)14-28)25(31)24-18(2)6-4-7-19(24)3;7-6(8)4-2-1-3-5-6/h4,6-9,12,20-21H,5,10-11,13-16H2,1-3H3,(H,32,33);1-5H2. The van der Waals surface area contributed by atoms with E-state index in [0.717, 1.165) is 67.8 Å². The number of benzene rings is 2. The van der Waals surface area contributed by atoms with Crippen LogP contribution in [-0.2, 0) is 0 Å². The topological polar surface area (TPSA) is 64.1 Å². The van der Waals surface area contributed by atoms with Crippen molar-refractivity contribution in [3.63, 3.8) is 0 Å². The zero-order valence-electron chi connectivity index (χ0n) is 24.3. The first-order valence-corrected chi connectivity index (χ1v) is 15.1. The summed E-state index contributed by atoms with van der Waals surface area (Å²) < 4.78 is 24.4. The third-order valence-corrected chi connectivity index (χ3v) is 9.09. The highest BCUT2D eigenvalue weighted by atomic mass is 35.5. The van der Waals surface area contributed by atoms with Gasteiger partial charge in [0.25, 0.3) is 5.91 Å². The number of aryl methyl sites for hydroxylation is 3. The van der Waals surface area contributed by atoms with E-state index in [9.17, 15) is 23.5 Å². The van der Waals surface area contributed by atoms with E-state index < -0.39 is 12.0 Å². The summed E-state index contributed by atoms with van der Waals surface area (Å²) in [5.41, 5.74) is 4.46. The molecule has 9 heteroatoms. The molecule has 6 nitrogen and oxygen atoms in total. The Bertz CT molecular complexity index is 1200. The second kappa shape index (κ2) is 13.5. The average Bonchev–Trinajstić information content (AvgIpc) is 3.47. The lowest BCUT2D eigenvalue weighted by Crippen LogP contribution is -2.35. The third-order valence-electron chi connectivity index (χ3n) is 8.68. The van der Waals surface area contributed by atoms with Gasteiger partial charge >= 0.3 is 6.09 Å². The maximum Gasteiger partial charge on any atom is 0.411 e. The number of rotatable bonds is 6. The van der Waals surface area contributed by atoms with E-state index >= 15 is 0 Å². The number of fused-ring (bicyclic) bond motifs is 1. The minimum Gasteiger partial charge on any atom is -0.465 e. The van der Waals surface area contributed by atoms with Crippen LogP contribution in [0.3, 0.4) is 0 Å². The van der Waals surface area contributed by atoms with Crippen LogP contribution in [0, 0.1) is 32.6 Å². The molecule has 41 heavy (non-hydrogen) atoms. The third kappa shape index (κ3) is 7.98. The minimum atomic E-state index is -2.32. The van der Waals surface area contributed by atoms with Gasteiger partial charge in [-0.15, -0.1) is 0 Å². The van der Waals surface area contributed by atoms with Gasteiger partial charge in [0.1, 0.15) is 0 Å². The van der Waals surface area contributed by atoms with Crippen molar-refractivity contribution in [3.05, 3.63) is 63.7 Å². The van der Waals surface area contributed by atoms with Crippen LogP contribution in [0.1, 0.15) is 65.6 Å². The number of carbonyl (C=O) groups is 2. The molecule has 2 aromatic carbocycles. The zero-order valence-corrected chi connectivity index (χ0v) is 25.1. The van der Waals surface area contributed by atoms with Gasteiger partial charge < -0.3 is 14.9 Å². The summed E-state index contributed by atoms with van der Waals surface area (Å²) in [7, 11) is 0. The molecule has 2 heterocycles. The number of likely N-dealkylation sites (tertiary alicyclic amines) is 2. The van der Waals surface area contributed by atoms with E-state index in [1.165, 1.54) is 4.90 Å². The number of nitrogens with zero attached hydrogens (tertiary/aromatic N) is 3. The van der Waals surface area contributed by atoms with Crippen LogP contribution in [0.25, 0.3) is 0 Å². The lowest BCUT2D eigenvalue weighted by molar-refractivity contribution is -0.0337. The van der Waals surface area contributed by atoms with E-state index in [1.807, 2.05) is 49.9 Å². The van der Waals surface area contributed by atoms with Crippen LogP contribution in [0.5, 0.6) is 0 Å². The van der Waals surface area contributed by atoms with E-state index in [2.05, 4.69) is 4.90 Å². The molecule has 2 aromatic rings. The average molecular weight is 590 g/mol. The molecular weight excluding hydrogens is 548 g/mol. The molecule has 2 amide bonds. The Morgan fingerprint density at radius 3 is 2.07 bits per heavy atom. The molecule has 0 aromatic heterocycles. The molecule has 3 aliphatic rings. The number of carbonyl (C=O) groups excluding carboxylic acids is 1. The van der Waals surface area contributed by atoms with Gasteiger partial charge in [0.15, 0.2) is 0 Å². The van der Waals surface area contributed by atoms with E-state index in [0.29, 0.717) is 41.9 Å².